The zero-order chi connectivity index (χ0) is 17.1. The monoisotopic (exact) mass is 317 g/mol. The molecule has 21 heavy (non-hydrogen) atoms. The highest BCUT2D eigenvalue weighted by atomic mass is 32.2. The fraction of sp³-hybridized carbons (Fsp3) is 0.571. The molecular weight excluding hydrogens is 290 g/mol. The highest BCUT2D eigenvalue weighted by Crippen LogP contribution is 2.38. The fourth-order valence-electron chi connectivity index (χ4n) is 1.75. The van der Waals surface area contributed by atoms with Gasteiger partial charge < -0.3 is 5.11 Å². The minimum atomic E-state index is -3.63. The molecule has 6 nitrogen and oxygen atoms in total. The summed E-state index contributed by atoms with van der Waals surface area (Å²) in [7, 11) is -3.63. The van der Waals surface area contributed by atoms with Gasteiger partial charge in [-0.25, -0.2) is 5.14 Å². The Morgan fingerprint density at radius 1 is 1.00 bits per heavy atom. The molecule has 0 radical (unpaired) electrons. The van der Waals surface area contributed by atoms with E-state index in [-0.39, 0.29) is 10.8 Å². The predicted octanol–water partition coefficient (Wildman–Crippen LogP) is 1.64. The van der Waals surface area contributed by atoms with Gasteiger partial charge in [0.15, 0.2) is 0 Å². The molecule has 1 aromatic carbocycles. The molecule has 1 aromatic rings. The van der Waals surface area contributed by atoms with E-state index in [4.69, 9.17) is 0 Å². The molecular formula is C14H27N3O3S. The summed E-state index contributed by atoms with van der Waals surface area (Å²) in [4.78, 5) is 1.35. The number of nitrogens with two attached hydrogens (primary N) is 2. The summed E-state index contributed by atoms with van der Waals surface area (Å²) < 4.78 is 19.1. The van der Waals surface area contributed by atoms with Gasteiger partial charge in [0.1, 0.15) is 5.75 Å². The second-order valence-electron chi connectivity index (χ2n) is 6.86. The van der Waals surface area contributed by atoms with E-state index < -0.39 is 10.2 Å². The van der Waals surface area contributed by atoms with Gasteiger partial charge in [0.25, 0.3) is 10.2 Å². The first-order valence-corrected chi connectivity index (χ1v) is 8.08. The van der Waals surface area contributed by atoms with Crippen LogP contribution in [0.3, 0.4) is 0 Å². The lowest BCUT2D eigenvalue weighted by molar-refractivity contribution is 0.423. The molecule has 0 spiro atoms. The molecule has 0 atom stereocenters. The zero-order valence-electron chi connectivity index (χ0n) is 13.6. The number of nitrogens with one attached hydrogen (secondary N) is 1. The number of aromatic hydroxyl groups is 1. The van der Waals surface area contributed by atoms with Crippen molar-refractivity contribution in [3.8, 4) is 5.75 Å². The highest BCUT2D eigenvalue weighted by molar-refractivity contribution is 7.87. The third-order valence-corrected chi connectivity index (χ3v) is 3.14. The van der Waals surface area contributed by atoms with Crippen LogP contribution in [0.2, 0.25) is 0 Å². The van der Waals surface area contributed by atoms with E-state index in [0.717, 1.165) is 11.1 Å². The van der Waals surface area contributed by atoms with E-state index in [1.165, 1.54) is 4.83 Å². The normalized spacial score (nSPS) is 12.6. The Kier molecular flexibility index (Phi) is 6.37. The van der Waals surface area contributed by atoms with Gasteiger partial charge in [-0.15, -0.1) is 4.83 Å². The zero-order valence-corrected chi connectivity index (χ0v) is 14.4. The summed E-state index contributed by atoms with van der Waals surface area (Å²) in [5, 5.41) is 14.5. The lowest BCUT2D eigenvalue weighted by Crippen LogP contribution is -2.36. The molecule has 0 aliphatic rings. The van der Waals surface area contributed by atoms with E-state index in [9.17, 15) is 13.5 Å². The maximum Gasteiger partial charge on any atom is 0.287 e. The van der Waals surface area contributed by atoms with Gasteiger partial charge in [-0.1, -0.05) is 59.7 Å². The molecule has 0 unspecified atom stereocenters. The molecule has 0 heterocycles. The van der Waals surface area contributed by atoms with E-state index >= 15 is 0 Å². The van der Waals surface area contributed by atoms with E-state index in [2.05, 4.69) is 52.5 Å². The number of para-hydroxylation sites is 1. The SMILES string of the molecule is CC(C)(C)c1cccc(C(C)(C)C)c1O.NNS(N)(=O)=O. The minimum Gasteiger partial charge on any atom is -0.507 e. The highest BCUT2D eigenvalue weighted by Gasteiger charge is 2.24. The fourth-order valence-corrected chi connectivity index (χ4v) is 1.75. The van der Waals surface area contributed by atoms with Gasteiger partial charge in [0.05, 0.1) is 0 Å². The van der Waals surface area contributed by atoms with Crippen LogP contribution >= 0.6 is 0 Å². The number of hydrogen-bond donors (Lipinski definition) is 4. The van der Waals surface area contributed by atoms with Crippen molar-refractivity contribution in [1.82, 2.24) is 4.83 Å². The average molecular weight is 317 g/mol. The van der Waals surface area contributed by atoms with Crippen LogP contribution in [0, 0.1) is 0 Å². The molecule has 0 aliphatic carbocycles. The summed E-state index contributed by atoms with van der Waals surface area (Å²) in [6.45, 7) is 12.7. The second kappa shape index (κ2) is 6.74. The number of phenols is 1. The maximum atomic E-state index is 10.3. The topological polar surface area (TPSA) is 118 Å². The van der Waals surface area contributed by atoms with Crippen LogP contribution in [0.25, 0.3) is 0 Å². The van der Waals surface area contributed by atoms with Gasteiger partial charge in [0, 0.05) is 0 Å². The summed E-state index contributed by atoms with van der Waals surface area (Å²) in [5.41, 5.74) is 2.03. The Morgan fingerprint density at radius 3 is 1.48 bits per heavy atom. The molecule has 0 fully saturated rings. The number of hydrogen-bond acceptors (Lipinski definition) is 4. The predicted molar refractivity (Wildman–Crippen MR) is 85.9 cm³/mol. The van der Waals surface area contributed by atoms with Crippen LogP contribution < -0.4 is 15.8 Å². The van der Waals surface area contributed by atoms with Crippen LogP contribution in [-0.2, 0) is 21.0 Å². The number of rotatable bonds is 1. The van der Waals surface area contributed by atoms with Crippen molar-refractivity contribution in [2.24, 2.45) is 11.0 Å². The molecule has 0 amide bonds. The number of phenolic OH excluding ortho intramolecular Hbond substituents is 1. The molecule has 0 aliphatic heterocycles. The van der Waals surface area contributed by atoms with Crippen molar-refractivity contribution in [2.45, 2.75) is 52.4 Å². The number of hydrazine groups is 1. The van der Waals surface area contributed by atoms with E-state index in [1.807, 2.05) is 18.2 Å². The molecule has 1 rings (SSSR count). The second-order valence-corrected chi connectivity index (χ2v) is 8.19. The van der Waals surface area contributed by atoms with Crippen LogP contribution in [0.15, 0.2) is 18.2 Å². The Labute approximate surface area is 127 Å². The van der Waals surface area contributed by atoms with Crippen LogP contribution in [0.1, 0.15) is 52.7 Å². The molecule has 6 N–H and O–H groups in total. The van der Waals surface area contributed by atoms with Crippen molar-refractivity contribution in [3.05, 3.63) is 29.3 Å². The first-order chi connectivity index (χ1) is 9.20. The Hall–Kier alpha value is -1.15. The molecule has 0 saturated carbocycles. The largest absolute Gasteiger partial charge is 0.507 e. The molecule has 0 saturated heterocycles. The van der Waals surface area contributed by atoms with E-state index in [1.54, 1.807) is 0 Å². The van der Waals surface area contributed by atoms with Crippen molar-refractivity contribution in [2.75, 3.05) is 0 Å². The molecule has 0 aromatic heterocycles. The van der Waals surface area contributed by atoms with Crippen molar-refractivity contribution in [3.63, 3.8) is 0 Å². The van der Waals surface area contributed by atoms with Crippen molar-refractivity contribution in [1.29, 1.82) is 0 Å². The van der Waals surface area contributed by atoms with Crippen LogP contribution in [0.5, 0.6) is 5.75 Å². The van der Waals surface area contributed by atoms with E-state index in [0.29, 0.717) is 5.75 Å². The van der Waals surface area contributed by atoms with Gasteiger partial charge in [0.2, 0.25) is 0 Å². The Bertz CT molecular complexity index is 538. The standard InChI is InChI=1S/C14H22O.H5N3O2S/c1-13(2,3)10-8-7-9-11(12(10)15)14(4,5)6;1-3-6(2,4)5/h7-9,15H,1-6H3;3H,1H2,(H2,2,4,5). The third-order valence-electron chi connectivity index (χ3n) is 2.82. The summed E-state index contributed by atoms with van der Waals surface area (Å²) in [6, 6.07) is 6.04. The maximum absolute atomic E-state index is 10.3. The van der Waals surface area contributed by atoms with Gasteiger partial charge >= 0.3 is 0 Å². The molecule has 7 heteroatoms. The first kappa shape index (κ1) is 19.9. The summed E-state index contributed by atoms with van der Waals surface area (Å²) in [5.74, 6) is 4.80. The average Bonchev–Trinajstić information content (AvgIpc) is 2.26. The smallest absolute Gasteiger partial charge is 0.287 e. The van der Waals surface area contributed by atoms with Gasteiger partial charge in [-0.3, -0.25) is 5.84 Å². The first-order valence-electron chi connectivity index (χ1n) is 6.53. The van der Waals surface area contributed by atoms with Gasteiger partial charge in [-0.2, -0.15) is 8.42 Å². The molecule has 122 valence electrons. The van der Waals surface area contributed by atoms with Crippen molar-refractivity contribution >= 4 is 10.2 Å². The van der Waals surface area contributed by atoms with Crippen molar-refractivity contribution < 1.29 is 13.5 Å². The van der Waals surface area contributed by atoms with Gasteiger partial charge in [-0.05, 0) is 22.0 Å². The third kappa shape index (κ3) is 6.90. The summed E-state index contributed by atoms with van der Waals surface area (Å²) >= 11 is 0. The lowest BCUT2D eigenvalue weighted by Gasteiger charge is -2.26. The van der Waals surface area contributed by atoms with Crippen LogP contribution in [-0.4, -0.2) is 13.5 Å². The Morgan fingerprint density at radius 2 is 1.29 bits per heavy atom. The Balaban J connectivity index is 0.000000567. The lowest BCUT2D eigenvalue weighted by atomic mass is 9.80. The summed E-state index contributed by atoms with van der Waals surface area (Å²) in [6.07, 6.45) is 0. The molecule has 0 bridgehead atoms. The number of benzene rings is 1. The quantitative estimate of drug-likeness (QED) is 0.465. The van der Waals surface area contributed by atoms with Crippen LogP contribution in [0.4, 0.5) is 0 Å². The minimum absolute atomic E-state index is 0.00859.